The molecule has 1 aliphatic heterocycles. The smallest absolute Gasteiger partial charge is 0.337 e. The van der Waals surface area contributed by atoms with E-state index in [2.05, 4.69) is 15.0 Å². The average molecular weight is 545 g/mol. The van der Waals surface area contributed by atoms with Crippen LogP contribution in [0.1, 0.15) is 37.9 Å². The molecule has 13 heteroatoms. The van der Waals surface area contributed by atoms with E-state index in [-0.39, 0.29) is 33.3 Å². The molecule has 202 valence electrons. The lowest BCUT2D eigenvalue weighted by atomic mass is 9.87. The van der Waals surface area contributed by atoms with Crippen molar-refractivity contribution in [2.24, 2.45) is 0 Å². The lowest BCUT2D eigenvalue weighted by Gasteiger charge is -2.28. The molecule has 0 spiro atoms. The summed E-state index contributed by atoms with van der Waals surface area (Å²) in [4.78, 5) is 41.4. The molecule has 0 saturated heterocycles. The Kier molecular flexibility index (Phi) is 8.63. The van der Waals surface area contributed by atoms with Gasteiger partial charge in [-0.25, -0.2) is 13.2 Å². The molecule has 2 N–H and O–H groups in total. The summed E-state index contributed by atoms with van der Waals surface area (Å²) in [5, 5.41) is 14.8. The molecule has 1 aliphatic rings. The molecule has 3 rings (SSSR count). The summed E-state index contributed by atoms with van der Waals surface area (Å²) in [7, 11) is -3.14. The van der Waals surface area contributed by atoms with Gasteiger partial charge >= 0.3 is 11.9 Å². The summed E-state index contributed by atoms with van der Waals surface area (Å²) >= 11 is 0. The van der Waals surface area contributed by atoms with E-state index in [9.17, 15) is 28.1 Å². The van der Waals surface area contributed by atoms with Crippen molar-refractivity contribution in [1.29, 1.82) is 0 Å². The second-order valence-electron chi connectivity index (χ2n) is 8.66. The van der Waals surface area contributed by atoms with Gasteiger partial charge in [-0.2, -0.15) is 4.72 Å². The number of sulfonamides is 1. The van der Waals surface area contributed by atoms with E-state index in [0.717, 1.165) is 12.7 Å². The van der Waals surface area contributed by atoms with Crippen LogP contribution in [-0.4, -0.2) is 49.5 Å². The van der Waals surface area contributed by atoms with Crippen LogP contribution in [0.3, 0.4) is 0 Å². The van der Waals surface area contributed by atoms with Crippen LogP contribution in [0.2, 0.25) is 0 Å². The van der Waals surface area contributed by atoms with Gasteiger partial charge in [0.25, 0.3) is 5.70 Å². The molecule has 0 saturated carbocycles. The molecule has 0 aliphatic carbocycles. The van der Waals surface area contributed by atoms with Gasteiger partial charge in [0, 0.05) is 11.9 Å². The minimum absolute atomic E-state index is 0.0992. The molecule has 2 aromatic rings. The topological polar surface area (TPSA) is 167 Å². The number of carbonyl (C=O) groups is 2. The standard InChI is InChI=1S/C25H28N4O8S/c1-14-9-11-18(12-10-14)38(34,35)28-22(25(31)36-5)17(4)37-24(30)20-15(2)27-16(3)23(29(32)33)21(20)19-8-6-7-13-26-19/h6-13,17,21-22,27-28H,1-5H3/t17-,21?,22+/m1/s1. The Morgan fingerprint density at radius 1 is 1.11 bits per heavy atom. The third-order valence-corrected chi connectivity index (χ3v) is 7.41. The summed E-state index contributed by atoms with van der Waals surface area (Å²) in [5.41, 5.74) is 1.20. The van der Waals surface area contributed by atoms with Crippen LogP contribution >= 0.6 is 0 Å². The molecule has 1 aromatic heterocycles. The van der Waals surface area contributed by atoms with Crippen LogP contribution in [0.4, 0.5) is 0 Å². The highest BCUT2D eigenvalue weighted by Crippen LogP contribution is 2.38. The number of dihydropyridines is 1. The van der Waals surface area contributed by atoms with Crippen LogP contribution < -0.4 is 10.0 Å². The molecule has 3 atom stereocenters. The van der Waals surface area contributed by atoms with Crippen molar-refractivity contribution >= 4 is 22.0 Å². The van der Waals surface area contributed by atoms with Crippen molar-refractivity contribution in [2.75, 3.05) is 7.11 Å². The first kappa shape index (κ1) is 28.5. The number of carbonyl (C=O) groups excluding carboxylic acids is 2. The number of benzene rings is 1. The van der Waals surface area contributed by atoms with Gasteiger partial charge in [0.2, 0.25) is 10.0 Å². The summed E-state index contributed by atoms with van der Waals surface area (Å²) < 4.78 is 38.4. The van der Waals surface area contributed by atoms with Crippen LogP contribution in [0.25, 0.3) is 0 Å². The Balaban J connectivity index is 1.94. The van der Waals surface area contributed by atoms with Crippen molar-refractivity contribution in [3.8, 4) is 0 Å². The molecule has 0 amide bonds. The molecule has 1 aromatic carbocycles. The van der Waals surface area contributed by atoms with Crippen molar-refractivity contribution in [2.45, 2.75) is 50.7 Å². The summed E-state index contributed by atoms with van der Waals surface area (Å²) in [6.45, 7) is 6.16. The van der Waals surface area contributed by atoms with E-state index in [1.54, 1.807) is 44.2 Å². The lowest BCUT2D eigenvalue weighted by Crippen LogP contribution is -2.50. The SMILES string of the molecule is COC(=O)[C@@H](NS(=O)(=O)c1ccc(C)cc1)[C@@H](C)OC(=O)C1=C(C)NC(C)=C([N+](=O)[O-])C1c1ccccn1. The maximum Gasteiger partial charge on any atom is 0.337 e. The van der Waals surface area contributed by atoms with Crippen molar-refractivity contribution in [3.63, 3.8) is 0 Å². The first-order chi connectivity index (χ1) is 17.9. The van der Waals surface area contributed by atoms with Gasteiger partial charge in [-0.1, -0.05) is 23.8 Å². The van der Waals surface area contributed by atoms with Gasteiger partial charge in [0.15, 0.2) is 6.04 Å². The van der Waals surface area contributed by atoms with E-state index in [1.165, 1.54) is 32.2 Å². The van der Waals surface area contributed by atoms with Crippen molar-refractivity contribution < 1.29 is 32.4 Å². The number of nitrogens with one attached hydrogen (secondary N) is 2. The van der Waals surface area contributed by atoms with Crippen LogP contribution in [-0.2, 0) is 29.1 Å². The van der Waals surface area contributed by atoms with Gasteiger partial charge in [-0.15, -0.1) is 0 Å². The van der Waals surface area contributed by atoms with Crippen molar-refractivity contribution in [3.05, 3.63) is 92.7 Å². The fourth-order valence-corrected chi connectivity index (χ4v) is 5.30. The maximum absolute atomic E-state index is 13.4. The normalized spacial score (nSPS) is 17.3. The monoisotopic (exact) mass is 544 g/mol. The second kappa shape index (κ2) is 11.5. The average Bonchev–Trinajstić information content (AvgIpc) is 2.86. The quantitative estimate of drug-likeness (QED) is 0.272. The number of hydrogen-bond acceptors (Lipinski definition) is 10. The maximum atomic E-state index is 13.4. The van der Waals surface area contributed by atoms with Crippen LogP contribution in [0.15, 0.2) is 76.2 Å². The van der Waals surface area contributed by atoms with E-state index in [0.29, 0.717) is 0 Å². The number of esters is 2. The van der Waals surface area contributed by atoms with E-state index in [1.807, 2.05) is 0 Å². The molecule has 0 radical (unpaired) electrons. The number of pyridine rings is 1. The Morgan fingerprint density at radius 3 is 2.32 bits per heavy atom. The van der Waals surface area contributed by atoms with Crippen LogP contribution in [0.5, 0.6) is 0 Å². The van der Waals surface area contributed by atoms with Gasteiger partial charge in [0.05, 0.1) is 33.9 Å². The molecule has 0 bridgehead atoms. The number of hydrogen-bond donors (Lipinski definition) is 2. The third kappa shape index (κ3) is 6.06. The van der Waals surface area contributed by atoms with Crippen molar-refractivity contribution in [1.82, 2.24) is 15.0 Å². The number of aryl methyl sites for hydroxylation is 1. The molecule has 38 heavy (non-hydrogen) atoms. The molecule has 2 heterocycles. The first-order valence-electron chi connectivity index (χ1n) is 11.5. The van der Waals surface area contributed by atoms with Crippen LogP contribution in [0, 0.1) is 17.0 Å². The second-order valence-corrected chi connectivity index (χ2v) is 10.4. The fraction of sp³-hybridized carbons (Fsp3) is 0.320. The molecule has 0 fully saturated rings. The highest BCUT2D eigenvalue weighted by atomic mass is 32.2. The zero-order valence-corrected chi connectivity index (χ0v) is 22.2. The minimum Gasteiger partial charge on any atom is -0.468 e. The van der Waals surface area contributed by atoms with E-state index < -0.39 is 44.9 Å². The van der Waals surface area contributed by atoms with Gasteiger partial charge in [-0.3, -0.25) is 19.9 Å². The zero-order valence-electron chi connectivity index (χ0n) is 21.4. The number of allylic oxidation sites excluding steroid dienone is 3. The minimum atomic E-state index is -4.20. The lowest BCUT2D eigenvalue weighted by molar-refractivity contribution is -0.431. The highest BCUT2D eigenvalue weighted by molar-refractivity contribution is 7.89. The predicted molar refractivity (Wildman–Crippen MR) is 135 cm³/mol. The molecular formula is C25H28N4O8S. The predicted octanol–water partition coefficient (Wildman–Crippen LogP) is 2.31. The number of aromatic nitrogens is 1. The Labute approximate surface area is 219 Å². The summed E-state index contributed by atoms with van der Waals surface area (Å²) in [6, 6.07) is 9.13. The number of methoxy groups -OCH3 is 1. The fourth-order valence-electron chi connectivity index (χ4n) is 4.05. The Morgan fingerprint density at radius 2 is 1.76 bits per heavy atom. The molecule has 12 nitrogen and oxygen atoms in total. The zero-order chi connectivity index (χ0) is 28.2. The number of ether oxygens (including phenoxy) is 2. The molecular weight excluding hydrogens is 516 g/mol. The number of rotatable bonds is 9. The highest BCUT2D eigenvalue weighted by Gasteiger charge is 2.43. The van der Waals surface area contributed by atoms with Gasteiger partial charge in [-0.05, 0) is 52.0 Å². The summed E-state index contributed by atoms with van der Waals surface area (Å²) in [6.07, 6.45) is 0.0871. The largest absolute Gasteiger partial charge is 0.468 e. The third-order valence-electron chi connectivity index (χ3n) is 5.96. The molecule has 1 unspecified atom stereocenters. The van der Waals surface area contributed by atoms with Gasteiger partial charge < -0.3 is 14.8 Å². The summed E-state index contributed by atoms with van der Waals surface area (Å²) in [5.74, 6) is -3.15. The van der Waals surface area contributed by atoms with E-state index in [4.69, 9.17) is 9.47 Å². The van der Waals surface area contributed by atoms with E-state index >= 15 is 0 Å². The number of nitrogens with zero attached hydrogens (tertiary/aromatic N) is 2. The first-order valence-corrected chi connectivity index (χ1v) is 13.0. The Hall–Kier alpha value is -4.10. The van der Waals surface area contributed by atoms with Gasteiger partial charge in [0.1, 0.15) is 12.0 Å². The number of nitro groups is 1. The Bertz CT molecular complexity index is 1400.